The second-order valence-corrected chi connectivity index (χ2v) is 8.95. The van der Waals surface area contributed by atoms with Crippen molar-refractivity contribution in [1.29, 1.82) is 0 Å². The Bertz CT molecular complexity index is 821. The van der Waals surface area contributed by atoms with Gasteiger partial charge in [0.15, 0.2) is 6.61 Å². The van der Waals surface area contributed by atoms with Crippen LogP contribution in [-0.2, 0) is 24.3 Å². The van der Waals surface area contributed by atoms with Crippen LogP contribution in [-0.4, -0.2) is 61.0 Å². The van der Waals surface area contributed by atoms with Crippen LogP contribution in [0.5, 0.6) is 0 Å². The summed E-state index contributed by atoms with van der Waals surface area (Å²) in [6, 6.07) is 3.43. The summed E-state index contributed by atoms with van der Waals surface area (Å²) >= 11 is 0. The Morgan fingerprint density at radius 2 is 1.96 bits per heavy atom. The fraction of sp³-hybridized carbons (Fsp3) is 0.556. The molecule has 0 aromatic heterocycles. The normalized spacial score (nSPS) is 20.7. The van der Waals surface area contributed by atoms with E-state index in [0.29, 0.717) is 0 Å². The first-order valence-electron chi connectivity index (χ1n) is 8.75. The number of rotatable bonds is 6. The van der Waals surface area contributed by atoms with Crippen molar-refractivity contribution in [2.45, 2.75) is 57.2 Å². The maximum Gasteiger partial charge on any atom is 0.325 e. The molecule has 2 rings (SSSR count). The molecule has 0 spiro atoms. The maximum atomic E-state index is 13.0. The van der Waals surface area contributed by atoms with Gasteiger partial charge in [0.2, 0.25) is 10.0 Å². The smallest absolute Gasteiger partial charge is 0.325 e. The number of sulfonamides is 1. The minimum atomic E-state index is -3.99. The number of benzene rings is 1. The van der Waals surface area contributed by atoms with E-state index in [1.165, 1.54) is 12.1 Å². The summed E-state index contributed by atoms with van der Waals surface area (Å²) in [7, 11) is -3.99. The molecule has 2 atom stereocenters. The van der Waals surface area contributed by atoms with Crippen LogP contribution in [0.2, 0.25) is 0 Å². The van der Waals surface area contributed by atoms with Crippen LogP contribution in [0.1, 0.15) is 31.4 Å². The molecule has 0 radical (unpaired) electrons. The third-order valence-corrected chi connectivity index (χ3v) is 6.26. The molecular formula is C18H26N2O6S. The summed E-state index contributed by atoms with van der Waals surface area (Å²) in [6.07, 6.45) is -1.05. The molecule has 0 aliphatic carbocycles. The highest BCUT2D eigenvalue weighted by Crippen LogP contribution is 2.28. The highest BCUT2D eigenvalue weighted by molar-refractivity contribution is 7.89. The molecule has 1 aromatic carbocycles. The zero-order valence-electron chi connectivity index (χ0n) is 15.9. The van der Waals surface area contributed by atoms with E-state index in [9.17, 15) is 23.1 Å². The van der Waals surface area contributed by atoms with Gasteiger partial charge in [0.1, 0.15) is 6.04 Å². The van der Waals surface area contributed by atoms with Gasteiger partial charge < -0.3 is 15.2 Å². The number of amides is 1. The van der Waals surface area contributed by atoms with E-state index >= 15 is 0 Å². The average Bonchev–Trinajstić information content (AvgIpc) is 2.97. The molecule has 8 nitrogen and oxygen atoms in total. The van der Waals surface area contributed by atoms with Crippen molar-refractivity contribution in [3.63, 3.8) is 0 Å². The monoisotopic (exact) mass is 398 g/mol. The van der Waals surface area contributed by atoms with Crippen molar-refractivity contribution in [3.05, 3.63) is 29.3 Å². The van der Waals surface area contributed by atoms with E-state index < -0.39 is 40.7 Å². The van der Waals surface area contributed by atoms with Gasteiger partial charge in [-0.2, -0.15) is 4.31 Å². The van der Waals surface area contributed by atoms with Crippen LogP contribution >= 0.6 is 0 Å². The molecule has 1 aromatic rings. The van der Waals surface area contributed by atoms with E-state index in [0.717, 1.165) is 15.4 Å². The van der Waals surface area contributed by atoms with E-state index in [1.54, 1.807) is 26.8 Å². The van der Waals surface area contributed by atoms with Crippen LogP contribution in [0.25, 0.3) is 0 Å². The topological polar surface area (TPSA) is 113 Å². The van der Waals surface area contributed by atoms with Gasteiger partial charge in [-0.05, 0) is 51.0 Å². The Hall–Kier alpha value is -1.97. The van der Waals surface area contributed by atoms with Crippen LogP contribution in [0, 0.1) is 13.8 Å². The average molecular weight is 398 g/mol. The van der Waals surface area contributed by atoms with Crippen LogP contribution < -0.4 is 5.32 Å². The lowest BCUT2D eigenvalue weighted by molar-refractivity contribution is -0.151. The molecule has 1 amide bonds. The van der Waals surface area contributed by atoms with E-state index in [2.05, 4.69) is 5.32 Å². The second-order valence-electron chi connectivity index (χ2n) is 7.06. The van der Waals surface area contributed by atoms with Gasteiger partial charge in [0.25, 0.3) is 5.91 Å². The van der Waals surface area contributed by atoms with E-state index in [-0.39, 0.29) is 23.9 Å². The third-order valence-electron chi connectivity index (χ3n) is 4.39. The molecule has 1 heterocycles. The highest BCUT2D eigenvalue weighted by atomic mass is 32.2. The van der Waals surface area contributed by atoms with Crippen LogP contribution in [0.3, 0.4) is 0 Å². The number of nitrogens with one attached hydrogen (secondary N) is 1. The largest absolute Gasteiger partial charge is 0.454 e. The number of aliphatic hydroxyl groups excluding tert-OH is 1. The number of ether oxygens (including phenoxy) is 1. The van der Waals surface area contributed by atoms with Crippen molar-refractivity contribution in [1.82, 2.24) is 9.62 Å². The molecule has 1 aliphatic heterocycles. The van der Waals surface area contributed by atoms with Gasteiger partial charge in [0.05, 0.1) is 11.0 Å². The Morgan fingerprint density at radius 1 is 1.30 bits per heavy atom. The molecule has 1 aliphatic rings. The van der Waals surface area contributed by atoms with Gasteiger partial charge in [-0.15, -0.1) is 0 Å². The number of aliphatic hydroxyl groups is 1. The second kappa shape index (κ2) is 8.37. The Kier molecular flexibility index (Phi) is 6.61. The Balaban J connectivity index is 2.18. The fourth-order valence-corrected chi connectivity index (χ4v) is 4.58. The highest BCUT2D eigenvalue weighted by Gasteiger charge is 2.44. The van der Waals surface area contributed by atoms with Crippen molar-refractivity contribution in [3.8, 4) is 0 Å². The fourth-order valence-electron chi connectivity index (χ4n) is 2.87. The Labute approximate surface area is 159 Å². The third kappa shape index (κ3) is 5.06. The summed E-state index contributed by atoms with van der Waals surface area (Å²) < 4.78 is 31.9. The zero-order valence-corrected chi connectivity index (χ0v) is 16.7. The summed E-state index contributed by atoms with van der Waals surface area (Å²) in [5.74, 6) is -1.32. The summed E-state index contributed by atoms with van der Waals surface area (Å²) in [5.41, 5.74) is 1.75. The minimum absolute atomic E-state index is 0.0510. The van der Waals surface area contributed by atoms with Gasteiger partial charge in [-0.3, -0.25) is 9.59 Å². The summed E-state index contributed by atoms with van der Waals surface area (Å²) in [6.45, 7) is 6.50. The number of nitrogens with zero attached hydrogens (tertiary/aromatic N) is 1. The number of hydrogen-bond donors (Lipinski definition) is 2. The lowest BCUT2D eigenvalue weighted by atomic mass is 10.1. The number of aryl methyl sites for hydroxylation is 2. The van der Waals surface area contributed by atoms with Crippen molar-refractivity contribution >= 4 is 21.9 Å². The van der Waals surface area contributed by atoms with E-state index in [1.807, 2.05) is 6.92 Å². The quantitative estimate of drug-likeness (QED) is 0.675. The van der Waals surface area contributed by atoms with Crippen molar-refractivity contribution in [2.75, 3.05) is 13.2 Å². The molecule has 2 N–H and O–H groups in total. The molecule has 1 fully saturated rings. The molecule has 0 bridgehead atoms. The molecular weight excluding hydrogens is 372 g/mol. The van der Waals surface area contributed by atoms with Crippen LogP contribution in [0.15, 0.2) is 23.1 Å². The zero-order chi connectivity index (χ0) is 20.4. The molecule has 150 valence electrons. The van der Waals surface area contributed by atoms with Crippen LogP contribution in [0.4, 0.5) is 0 Å². The van der Waals surface area contributed by atoms with Gasteiger partial charge in [-0.1, -0.05) is 6.07 Å². The van der Waals surface area contributed by atoms with Gasteiger partial charge in [-0.25, -0.2) is 8.42 Å². The first kappa shape index (κ1) is 21.3. The number of carbonyl (C=O) groups excluding carboxylic acids is 2. The van der Waals surface area contributed by atoms with Crippen molar-refractivity contribution in [2.24, 2.45) is 0 Å². The van der Waals surface area contributed by atoms with Crippen molar-refractivity contribution < 1.29 is 27.9 Å². The number of carbonyl (C=O) groups is 2. The standard InChI is InChI=1S/C18H26N2O6S/c1-11(2)19-17(22)10-26-18(23)16-8-14(21)9-20(16)27(24,25)15-6-5-12(3)13(4)7-15/h5-7,11,14,16,21H,8-10H2,1-4H3,(H,19,22)/t14-,16+/m1/s1. The summed E-state index contributed by atoms with van der Waals surface area (Å²) in [4.78, 5) is 24.1. The molecule has 0 unspecified atom stereocenters. The maximum absolute atomic E-state index is 13.0. The Morgan fingerprint density at radius 3 is 2.56 bits per heavy atom. The lowest BCUT2D eigenvalue weighted by Gasteiger charge is -2.23. The first-order chi connectivity index (χ1) is 12.5. The predicted octanol–water partition coefficient (Wildman–Crippen LogP) is 0.495. The summed E-state index contributed by atoms with van der Waals surface area (Å²) in [5, 5.41) is 12.5. The minimum Gasteiger partial charge on any atom is -0.454 e. The predicted molar refractivity (Wildman–Crippen MR) is 98.5 cm³/mol. The number of β-amino-alcohol motifs (C(OH)–C–C–N with tert-alkyl or cyclic N) is 1. The number of esters is 1. The molecule has 0 saturated carbocycles. The lowest BCUT2D eigenvalue weighted by Crippen LogP contribution is -2.43. The molecule has 1 saturated heterocycles. The number of hydrogen-bond acceptors (Lipinski definition) is 6. The van der Waals surface area contributed by atoms with Gasteiger partial charge in [0, 0.05) is 19.0 Å². The SMILES string of the molecule is Cc1ccc(S(=O)(=O)N2C[C@H](O)C[C@H]2C(=O)OCC(=O)NC(C)C)cc1C. The molecule has 9 heteroatoms. The van der Waals surface area contributed by atoms with Gasteiger partial charge >= 0.3 is 5.97 Å². The first-order valence-corrected chi connectivity index (χ1v) is 10.2. The van der Waals surface area contributed by atoms with E-state index in [4.69, 9.17) is 4.74 Å². The molecule has 27 heavy (non-hydrogen) atoms.